The zero-order valence-corrected chi connectivity index (χ0v) is 14.9. The zero-order chi connectivity index (χ0) is 17.1. The van der Waals surface area contributed by atoms with Gasteiger partial charge in [-0.05, 0) is 44.2 Å². The summed E-state index contributed by atoms with van der Waals surface area (Å²) in [6.45, 7) is 9.97. The van der Waals surface area contributed by atoms with Crippen molar-refractivity contribution in [3.05, 3.63) is 39.9 Å². The fourth-order valence-electron chi connectivity index (χ4n) is 4.52. The molecule has 0 bridgehead atoms. The first-order chi connectivity index (χ1) is 11.5. The number of likely N-dealkylation sites (tertiary alicyclic amines) is 2. The Balaban J connectivity index is 1.55. The van der Waals surface area contributed by atoms with E-state index in [0.29, 0.717) is 12.6 Å². The fourth-order valence-corrected chi connectivity index (χ4v) is 4.52. The van der Waals surface area contributed by atoms with Gasteiger partial charge in [-0.25, -0.2) is 0 Å². The average Bonchev–Trinajstić information content (AvgIpc) is 2.55. The van der Waals surface area contributed by atoms with Crippen LogP contribution in [0.5, 0.6) is 0 Å². The molecule has 2 aliphatic heterocycles. The summed E-state index contributed by atoms with van der Waals surface area (Å²) in [5.74, 6) is 1.61. The summed E-state index contributed by atoms with van der Waals surface area (Å²) in [4.78, 5) is 16.0. The summed E-state index contributed by atoms with van der Waals surface area (Å²) >= 11 is 0. The molecule has 2 fully saturated rings. The normalized spacial score (nSPS) is 27.2. The van der Waals surface area contributed by atoms with Crippen molar-refractivity contribution in [2.24, 2.45) is 11.8 Å². The number of nitrogens with zero attached hydrogens (tertiary/aromatic N) is 3. The Hall–Kier alpha value is -1.46. The van der Waals surface area contributed by atoms with Gasteiger partial charge in [0.25, 0.3) is 5.69 Å². The Morgan fingerprint density at radius 3 is 2.38 bits per heavy atom. The SMILES string of the molecule is CC1CC(C)CN(C2CCN(Cc3ccccc3[N+](=O)[O-])CC2)C1. The number of nitro groups is 1. The van der Waals surface area contributed by atoms with Gasteiger partial charge in [0.2, 0.25) is 0 Å². The van der Waals surface area contributed by atoms with Crippen LogP contribution in [0.2, 0.25) is 0 Å². The topological polar surface area (TPSA) is 49.6 Å². The van der Waals surface area contributed by atoms with Crippen LogP contribution >= 0.6 is 0 Å². The van der Waals surface area contributed by atoms with Crippen LogP contribution in [0.25, 0.3) is 0 Å². The molecule has 1 aromatic carbocycles. The molecule has 0 aromatic heterocycles. The second-order valence-corrected chi connectivity index (χ2v) is 7.79. The van der Waals surface area contributed by atoms with E-state index in [0.717, 1.165) is 30.5 Å². The Labute approximate surface area is 144 Å². The molecule has 3 rings (SSSR count). The van der Waals surface area contributed by atoms with Crippen molar-refractivity contribution in [1.29, 1.82) is 0 Å². The van der Waals surface area contributed by atoms with E-state index in [2.05, 4.69) is 23.6 Å². The lowest BCUT2D eigenvalue weighted by atomic mass is 9.89. The van der Waals surface area contributed by atoms with Crippen LogP contribution in [0, 0.1) is 22.0 Å². The number of nitro benzene ring substituents is 1. The van der Waals surface area contributed by atoms with Crippen molar-refractivity contribution < 1.29 is 4.92 Å². The number of hydrogen-bond acceptors (Lipinski definition) is 4. The minimum atomic E-state index is -0.265. The first-order valence-corrected chi connectivity index (χ1v) is 9.21. The first kappa shape index (κ1) is 17.4. The third-order valence-corrected chi connectivity index (χ3v) is 5.55. The van der Waals surface area contributed by atoms with Gasteiger partial charge in [0, 0.05) is 37.3 Å². The summed E-state index contributed by atoms with van der Waals surface area (Å²) in [6, 6.07) is 7.83. The Kier molecular flexibility index (Phi) is 5.51. The molecule has 24 heavy (non-hydrogen) atoms. The Bertz CT molecular complexity index is 559. The molecular weight excluding hydrogens is 302 g/mol. The smallest absolute Gasteiger partial charge is 0.273 e. The van der Waals surface area contributed by atoms with Crippen LogP contribution in [0.4, 0.5) is 5.69 Å². The van der Waals surface area contributed by atoms with Crippen LogP contribution < -0.4 is 0 Å². The van der Waals surface area contributed by atoms with Gasteiger partial charge in [-0.15, -0.1) is 0 Å². The van der Waals surface area contributed by atoms with E-state index in [-0.39, 0.29) is 10.6 Å². The number of hydrogen-bond donors (Lipinski definition) is 0. The highest BCUT2D eigenvalue weighted by molar-refractivity contribution is 5.39. The molecule has 0 N–H and O–H groups in total. The quantitative estimate of drug-likeness (QED) is 0.625. The van der Waals surface area contributed by atoms with E-state index >= 15 is 0 Å². The van der Waals surface area contributed by atoms with E-state index in [1.165, 1.54) is 32.4 Å². The molecule has 2 heterocycles. The third kappa shape index (κ3) is 4.14. The molecule has 0 amide bonds. The number of para-hydroxylation sites is 1. The zero-order valence-electron chi connectivity index (χ0n) is 14.9. The lowest BCUT2D eigenvalue weighted by Gasteiger charge is -2.43. The summed E-state index contributed by atoms with van der Waals surface area (Å²) < 4.78 is 0. The second kappa shape index (κ2) is 7.62. The van der Waals surface area contributed by atoms with Crippen LogP contribution in [0.1, 0.15) is 38.7 Å². The van der Waals surface area contributed by atoms with Crippen LogP contribution in [-0.4, -0.2) is 46.9 Å². The van der Waals surface area contributed by atoms with Gasteiger partial charge in [-0.2, -0.15) is 0 Å². The van der Waals surface area contributed by atoms with E-state index < -0.39 is 0 Å². The fraction of sp³-hybridized carbons (Fsp3) is 0.684. The van der Waals surface area contributed by atoms with Crippen molar-refractivity contribution in [3.8, 4) is 0 Å². The van der Waals surface area contributed by atoms with Gasteiger partial charge in [0.15, 0.2) is 0 Å². The van der Waals surface area contributed by atoms with Crippen molar-refractivity contribution in [2.45, 2.75) is 45.7 Å². The van der Waals surface area contributed by atoms with Gasteiger partial charge in [-0.1, -0.05) is 32.0 Å². The van der Waals surface area contributed by atoms with Crippen molar-refractivity contribution >= 4 is 5.69 Å². The molecule has 132 valence electrons. The number of rotatable bonds is 4. The van der Waals surface area contributed by atoms with Crippen molar-refractivity contribution in [1.82, 2.24) is 9.80 Å². The highest BCUT2D eigenvalue weighted by Gasteiger charge is 2.30. The monoisotopic (exact) mass is 331 g/mol. The molecule has 5 heteroatoms. The largest absolute Gasteiger partial charge is 0.300 e. The van der Waals surface area contributed by atoms with Gasteiger partial charge < -0.3 is 0 Å². The maximum Gasteiger partial charge on any atom is 0.273 e. The lowest BCUT2D eigenvalue weighted by Crippen LogP contribution is -2.49. The molecule has 2 saturated heterocycles. The summed E-state index contributed by atoms with van der Waals surface area (Å²) in [5.41, 5.74) is 1.08. The predicted octanol–water partition coefficient (Wildman–Crippen LogP) is 3.54. The van der Waals surface area contributed by atoms with Gasteiger partial charge in [0.05, 0.1) is 4.92 Å². The van der Waals surface area contributed by atoms with Crippen LogP contribution in [0.3, 0.4) is 0 Å². The lowest BCUT2D eigenvalue weighted by molar-refractivity contribution is -0.385. The highest BCUT2D eigenvalue weighted by atomic mass is 16.6. The first-order valence-electron chi connectivity index (χ1n) is 9.21. The highest BCUT2D eigenvalue weighted by Crippen LogP contribution is 2.28. The standard InChI is InChI=1S/C19H29N3O2/c1-15-11-16(2)13-21(12-15)18-7-9-20(10-8-18)14-17-5-3-4-6-19(17)22(23)24/h3-6,15-16,18H,7-14H2,1-2H3. The average molecular weight is 331 g/mol. The summed E-state index contributed by atoms with van der Waals surface area (Å²) in [5, 5.41) is 11.2. The molecule has 0 spiro atoms. The molecule has 0 radical (unpaired) electrons. The van der Waals surface area contributed by atoms with Crippen LogP contribution in [-0.2, 0) is 6.54 Å². The van der Waals surface area contributed by atoms with E-state index in [1.807, 2.05) is 12.1 Å². The minimum Gasteiger partial charge on any atom is -0.300 e. The second-order valence-electron chi connectivity index (χ2n) is 7.79. The number of piperidine rings is 2. The molecule has 0 saturated carbocycles. The van der Waals surface area contributed by atoms with Crippen molar-refractivity contribution in [3.63, 3.8) is 0 Å². The predicted molar refractivity (Wildman–Crippen MR) is 95.9 cm³/mol. The van der Waals surface area contributed by atoms with Gasteiger partial charge in [0.1, 0.15) is 0 Å². The van der Waals surface area contributed by atoms with Gasteiger partial charge >= 0.3 is 0 Å². The maximum absolute atomic E-state index is 11.2. The molecule has 1 aromatic rings. The minimum absolute atomic E-state index is 0.248. The molecule has 2 atom stereocenters. The molecule has 2 unspecified atom stereocenters. The third-order valence-electron chi connectivity index (χ3n) is 5.55. The van der Waals surface area contributed by atoms with Gasteiger partial charge in [-0.3, -0.25) is 19.9 Å². The molecular formula is C19H29N3O2. The summed E-state index contributed by atoms with van der Waals surface area (Å²) in [6.07, 6.45) is 3.72. The number of benzene rings is 1. The Morgan fingerprint density at radius 2 is 1.75 bits per heavy atom. The van der Waals surface area contributed by atoms with E-state index in [4.69, 9.17) is 0 Å². The summed E-state index contributed by atoms with van der Waals surface area (Å²) in [7, 11) is 0. The maximum atomic E-state index is 11.2. The Morgan fingerprint density at radius 1 is 1.12 bits per heavy atom. The molecule has 0 aliphatic carbocycles. The van der Waals surface area contributed by atoms with Crippen LogP contribution in [0.15, 0.2) is 24.3 Å². The molecule has 5 nitrogen and oxygen atoms in total. The van der Waals surface area contributed by atoms with Crippen molar-refractivity contribution in [2.75, 3.05) is 26.2 Å². The van der Waals surface area contributed by atoms with E-state index in [9.17, 15) is 10.1 Å². The van der Waals surface area contributed by atoms with E-state index in [1.54, 1.807) is 12.1 Å². The molecule has 2 aliphatic rings.